The summed E-state index contributed by atoms with van der Waals surface area (Å²) in [7, 11) is 0. The third kappa shape index (κ3) is 4.44. The molecule has 0 spiro atoms. The van der Waals surface area contributed by atoms with Gasteiger partial charge in [-0.15, -0.1) is 10.2 Å². The van der Waals surface area contributed by atoms with Crippen LogP contribution in [0.5, 0.6) is 0 Å². The summed E-state index contributed by atoms with van der Waals surface area (Å²) in [6.07, 6.45) is 6.73. The highest BCUT2D eigenvalue weighted by atomic mass is 32.2. The lowest BCUT2D eigenvalue weighted by molar-refractivity contribution is -0.128. The smallest absolute Gasteiger partial charge is 0.233 e. The molecule has 0 unspecified atom stereocenters. The van der Waals surface area contributed by atoms with Crippen LogP contribution in [0.2, 0.25) is 0 Å². The van der Waals surface area contributed by atoms with Crippen LogP contribution in [-0.2, 0) is 9.59 Å². The van der Waals surface area contributed by atoms with E-state index in [2.05, 4.69) is 10.2 Å². The molecule has 1 saturated carbocycles. The summed E-state index contributed by atoms with van der Waals surface area (Å²) in [6, 6.07) is 0.289. The molecule has 0 radical (unpaired) electrons. The molecule has 2 fully saturated rings. The number of amides is 2. The van der Waals surface area contributed by atoms with E-state index in [4.69, 9.17) is 0 Å². The minimum atomic E-state index is 0.0147. The van der Waals surface area contributed by atoms with Crippen molar-refractivity contribution < 1.29 is 9.59 Å². The minimum Gasteiger partial charge on any atom is -0.342 e. The molecule has 1 aromatic heterocycles. The first kappa shape index (κ1) is 16.7. The van der Waals surface area contributed by atoms with E-state index in [1.165, 1.54) is 35.9 Å². The first-order chi connectivity index (χ1) is 11.1. The molecular weight excluding hydrogens is 332 g/mol. The minimum absolute atomic E-state index is 0.0147. The van der Waals surface area contributed by atoms with E-state index in [0.29, 0.717) is 10.9 Å². The molecule has 2 heterocycles. The number of rotatable bonds is 5. The average Bonchev–Trinajstić information content (AvgIpc) is 3.29. The topological polar surface area (TPSA) is 66.4 Å². The normalized spacial score (nSPS) is 18.6. The van der Waals surface area contributed by atoms with Crippen LogP contribution in [-0.4, -0.2) is 51.8 Å². The van der Waals surface area contributed by atoms with Crippen molar-refractivity contribution >= 4 is 40.0 Å². The third-order valence-electron chi connectivity index (χ3n) is 4.13. The maximum atomic E-state index is 12.3. The Balaban J connectivity index is 1.54. The van der Waals surface area contributed by atoms with E-state index in [9.17, 15) is 9.59 Å². The van der Waals surface area contributed by atoms with E-state index in [-0.39, 0.29) is 17.9 Å². The van der Waals surface area contributed by atoms with Crippen LogP contribution in [0.15, 0.2) is 4.34 Å². The van der Waals surface area contributed by atoms with Gasteiger partial charge in [0.2, 0.25) is 16.9 Å². The maximum Gasteiger partial charge on any atom is 0.233 e. The molecule has 8 heteroatoms. The van der Waals surface area contributed by atoms with Crippen LogP contribution in [0.3, 0.4) is 0 Å². The van der Waals surface area contributed by atoms with Crippen LogP contribution >= 0.6 is 23.1 Å². The van der Waals surface area contributed by atoms with Crippen molar-refractivity contribution in [3.8, 4) is 0 Å². The first-order valence-electron chi connectivity index (χ1n) is 8.19. The molecule has 0 bridgehead atoms. The third-order valence-corrected chi connectivity index (χ3v) is 6.17. The molecule has 23 heavy (non-hydrogen) atoms. The van der Waals surface area contributed by atoms with Crippen molar-refractivity contribution in [1.29, 1.82) is 0 Å². The maximum absolute atomic E-state index is 12.3. The quantitative estimate of drug-likeness (QED) is 0.600. The lowest BCUT2D eigenvalue weighted by Gasteiger charge is -2.19. The summed E-state index contributed by atoms with van der Waals surface area (Å²) in [5, 5.41) is 8.92. The zero-order valence-electron chi connectivity index (χ0n) is 13.4. The second-order valence-electron chi connectivity index (χ2n) is 6.05. The van der Waals surface area contributed by atoms with Crippen molar-refractivity contribution in [2.75, 3.05) is 23.7 Å². The Morgan fingerprint density at radius 2 is 1.91 bits per heavy atom. The second kappa shape index (κ2) is 7.61. The van der Waals surface area contributed by atoms with Gasteiger partial charge in [-0.05, 0) is 25.7 Å². The average molecular weight is 355 g/mol. The van der Waals surface area contributed by atoms with Gasteiger partial charge in [-0.1, -0.05) is 35.9 Å². The van der Waals surface area contributed by atoms with Crippen LogP contribution < -0.4 is 4.90 Å². The van der Waals surface area contributed by atoms with Gasteiger partial charge in [0, 0.05) is 26.1 Å². The molecule has 2 aliphatic rings. The molecular formula is C15H22N4O2S2. The van der Waals surface area contributed by atoms with Crippen molar-refractivity contribution in [3.63, 3.8) is 0 Å². The number of hydrogen-bond acceptors (Lipinski definition) is 6. The lowest BCUT2D eigenvalue weighted by atomic mass is 10.2. The fourth-order valence-corrected chi connectivity index (χ4v) is 4.63. The number of thioether (sulfide) groups is 1. The van der Waals surface area contributed by atoms with Crippen molar-refractivity contribution in [1.82, 2.24) is 15.1 Å². The largest absolute Gasteiger partial charge is 0.342 e. The predicted octanol–water partition coefficient (Wildman–Crippen LogP) is 2.55. The molecule has 2 amide bonds. The molecule has 1 aliphatic carbocycles. The molecule has 0 N–H and O–H groups in total. The molecule has 1 saturated heterocycles. The Labute approximate surface area is 144 Å². The molecule has 1 aliphatic heterocycles. The van der Waals surface area contributed by atoms with Gasteiger partial charge in [0.1, 0.15) is 0 Å². The van der Waals surface area contributed by atoms with Gasteiger partial charge < -0.3 is 4.90 Å². The summed E-state index contributed by atoms with van der Waals surface area (Å²) >= 11 is 2.83. The number of anilines is 1. The number of hydrogen-bond donors (Lipinski definition) is 0. The number of aromatic nitrogens is 2. The van der Waals surface area contributed by atoms with Gasteiger partial charge in [0.05, 0.1) is 5.75 Å². The van der Waals surface area contributed by atoms with E-state index < -0.39 is 0 Å². The van der Waals surface area contributed by atoms with E-state index in [1.54, 1.807) is 11.8 Å². The molecule has 6 nitrogen and oxygen atoms in total. The van der Waals surface area contributed by atoms with Gasteiger partial charge in [0.25, 0.3) is 0 Å². The monoisotopic (exact) mass is 354 g/mol. The van der Waals surface area contributed by atoms with Gasteiger partial charge >= 0.3 is 0 Å². The highest BCUT2D eigenvalue weighted by molar-refractivity contribution is 8.01. The zero-order chi connectivity index (χ0) is 16.2. The number of carbonyl (C=O) groups excluding carboxylic acids is 2. The fourth-order valence-electron chi connectivity index (χ4n) is 2.77. The molecule has 3 rings (SSSR count). The number of carbonyl (C=O) groups is 2. The Bertz CT molecular complexity index is 566. The van der Waals surface area contributed by atoms with E-state index in [0.717, 1.165) is 43.1 Å². The van der Waals surface area contributed by atoms with Crippen molar-refractivity contribution in [2.45, 2.75) is 55.8 Å². The lowest BCUT2D eigenvalue weighted by Crippen LogP contribution is -2.33. The van der Waals surface area contributed by atoms with Crippen molar-refractivity contribution in [3.05, 3.63) is 0 Å². The fraction of sp³-hybridized carbons (Fsp3) is 0.733. The summed E-state index contributed by atoms with van der Waals surface area (Å²) in [5.74, 6) is 0.595. The molecule has 0 aromatic carbocycles. The van der Waals surface area contributed by atoms with Crippen LogP contribution in [0, 0.1) is 0 Å². The summed E-state index contributed by atoms with van der Waals surface area (Å²) in [5.41, 5.74) is 0. The van der Waals surface area contributed by atoms with Crippen LogP contribution in [0.25, 0.3) is 0 Å². The standard InChI is InChI=1S/C15H22N4O2S2/c1-11(20)19(12-6-7-12)14-16-17-15(23-14)22-10-13(21)18-8-4-2-3-5-9-18/h12H,2-10H2,1H3. The Morgan fingerprint density at radius 1 is 1.22 bits per heavy atom. The summed E-state index contributed by atoms with van der Waals surface area (Å²) in [4.78, 5) is 27.7. The molecule has 1 aromatic rings. The van der Waals surface area contributed by atoms with E-state index in [1.807, 2.05) is 4.90 Å². The number of nitrogens with zero attached hydrogens (tertiary/aromatic N) is 4. The highest BCUT2D eigenvalue weighted by Crippen LogP contribution is 2.35. The van der Waals surface area contributed by atoms with Gasteiger partial charge in [-0.25, -0.2) is 0 Å². The van der Waals surface area contributed by atoms with E-state index >= 15 is 0 Å². The van der Waals surface area contributed by atoms with Gasteiger partial charge in [0.15, 0.2) is 4.34 Å². The molecule has 126 valence electrons. The summed E-state index contributed by atoms with van der Waals surface area (Å²) in [6.45, 7) is 3.32. The van der Waals surface area contributed by atoms with Gasteiger partial charge in [-0.2, -0.15) is 0 Å². The number of likely N-dealkylation sites (tertiary alicyclic amines) is 1. The van der Waals surface area contributed by atoms with Crippen LogP contribution in [0.1, 0.15) is 45.4 Å². The van der Waals surface area contributed by atoms with Crippen LogP contribution in [0.4, 0.5) is 5.13 Å². The van der Waals surface area contributed by atoms with Crippen molar-refractivity contribution in [2.24, 2.45) is 0 Å². The molecule has 0 atom stereocenters. The Morgan fingerprint density at radius 3 is 2.52 bits per heavy atom. The summed E-state index contributed by atoms with van der Waals surface area (Å²) < 4.78 is 0.759. The van der Waals surface area contributed by atoms with Gasteiger partial charge in [-0.3, -0.25) is 14.5 Å². The highest BCUT2D eigenvalue weighted by Gasteiger charge is 2.34. The SMILES string of the molecule is CC(=O)N(c1nnc(SCC(=O)N2CCCCCC2)s1)C1CC1. The second-order valence-corrected chi connectivity index (χ2v) is 8.23. The predicted molar refractivity (Wildman–Crippen MR) is 91.9 cm³/mol. The zero-order valence-corrected chi connectivity index (χ0v) is 15.0. The Kier molecular flexibility index (Phi) is 5.53. The first-order valence-corrected chi connectivity index (χ1v) is 9.99. The Hall–Kier alpha value is -1.15.